The van der Waals surface area contributed by atoms with Gasteiger partial charge in [-0.1, -0.05) is 109 Å². The zero-order chi connectivity index (χ0) is 33.5. The summed E-state index contributed by atoms with van der Waals surface area (Å²) in [6.07, 6.45) is 0. The Labute approximate surface area is 292 Å². The van der Waals surface area contributed by atoms with Gasteiger partial charge >= 0.3 is 0 Å². The molecule has 0 unspecified atom stereocenters. The van der Waals surface area contributed by atoms with E-state index in [2.05, 4.69) is 143 Å². The van der Waals surface area contributed by atoms with Crippen LogP contribution in [0.1, 0.15) is 0 Å². The van der Waals surface area contributed by atoms with E-state index in [0.29, 0.717) is 0 Å². The normalized spacial score (nSPS) is 11.9. The zero-order valence-corrected chi connectivity index (χ0v) is 27.4. The fourth-order valence-corrected chi connectivity index (χ4v) is 7.84. The number of rotatable bonds is 4. The highest BCUT2D eigenvalue weighted by Gasteiger charge is 2.20. The third kappa shape index (κ3) is 4.15. The average molecular weight is 653 g/mol. The first-order valence-corrected chi connectivity index (χ1v) is 17.2. The molecule has 5 nitrogen and oxygen atoms in total. The van der Waals surface area contributed by atoms with Crippen molar-refractivity contribution in [2.24, 2.45) is 0 Å². The lowest BCUT2D eigenvalue weighted by Crippen LogP contribution is -1.98. The van der Waals surface area contributed by atoms with E-state index >= 15 is 0 Å². The minimum absolute atomic E-state index is 0.841. The standard InChI is InChI=1S/C46H28N4O/c1-2-12-31(13-3-1)49-39-19-9-4-14-33(39)34-27-24-30(28-41(34)49)45-44(47-37-17-7-8-18-38(37)48-45)29-22-25-32(26-23-29)50-40-20-10-5-15-35(40)43-36-16-6-11-21-42(36)51-46(43)50/h1-28H. The quantitative estimate of drug-likeness (QED) is 0.190. The zero-order valence-electron chi connectivity index (χ0n) is 27.4. The maximum Gasteiger partial charge on any atom is 0.213 e. The lowest BCUT2D eigenvalue weighted by Gasteiger charge is -2.13. The van der Waals surface area contributed by atoms with Crippen molar-refractivity contribution in [1.82, 2.24) is 19.1 Å². The number of furan rings is 1. The third-order valence-corrected chi connectivity index (χ3v) is 10.1. The monoisotopic (exact) mass is 652 g/mol. The predicted molar refractivity (Wildman–Crippen MR) is 209 cm³/mol. The van der Waals surface area contributed by atoms with E-state index in [1.54, 1.807) is 0 Å². The molecule has 0 N–H and O–H groups in total. The van der Waals surface area contributed by atoms with Gasteiger partial charge in [0.25, 0.3) is 0 Å². The molecular weight excluding hydrogens is 625 g/mol. The summed E-state index contributed by atoms with van der Waals surface area (Å²) < 4.78 is 11.1. The summed E-state index contributed by atoms with van der Waals surface area (Å²) in [7, 11) is 0. The van der Waals surface area contributed by atoms with Crippen LogP contribution in [-0.2, 0) is 0 Å². The van der Waals surface area contributed by atoms with E-state index in [0.717, 1.165) is 78.0 Å². The van der Waals surface area contributed by atoms with Crippen LogP contribution >= 0.6 is 0 Å². The van der Waals surface area contributed by atoms with Crippen molar-refractivity contribution in [1.29, 1.82) is 0 Å². The molecule has 0 radical (unpaired) electrons. The van der Waals surface area contributed by atoms with Crippen molar-refractivity contribution in [3.63, 3.8) is 0 Å². The number of nitrogens with zero attached hydrogens (tertiary/aromatic N) is 4. The van der Waals surface area contributed by atoms with Crippen molar-refractivity contribution >= 4 is 65.8 Å². The van der Waals surface area contributed by atoms with Crippen LogP contribution in [-0.4, -0.2) is 19.1 Å². The maximum atomic E-state index is 6.50. The van der Waals surface area contributed by atoms with Gasteiger partial charge in [0.2, 0.25) is 5.71 Å². The van der Waals surface area contributed by atoms with Gasteiger partial charge in [-0.3, -0.25) is 4.57 Å². The van der Waals surface area contributed by atoms with Crippen LogP contribution in [0.4, 0.5) is 0 Å². The Balaban J connectivity index is 1.11. The van der Waals surface area contributed by atoms with Crippen molar-refractivity contribution in [3.05, 3.63) is 170 Å². The molecule has 0 fully saturated rings. The van der Waals surface area contributed by atoms with E-state index in [1.165, 1.54) is 21.7 Å². The summed E-state index contributed by atoms with van der Waals surface area (Å²) in [6, 6.07) is 59.3. The summed E-state index contributed by atoms with van der Waals surface area (Å²) in [4.78, 5) is 10.5. The molecule has 0 aliphatic carbocycles. The molecule has 0 aliphatic heterocycles. The number of fused-ring (bicyclic) bond motifs is 9. The summed E-state index contributed by atoms with van der Waals surface area (Å²) in [5.74, 6) is 0. The summed E-state index contributed by atoms with van der Waals surface area (Å²) >= 11 is 0. The van der Waals surface area contributed by atoms with Gasteiger partial charge in [0.1, 0.15) is 5.58 Å². The fraction of sp³-hybridized carbons (Fsp3) is 0. The minimum Gasteiger partial charge on any atom is -0.439 e. The summed E-state index contributed by atoms with van der Waals surface area (Å²) in [5, 5.41) is 5.86. The third-order valence-electron chi connectivity index (χ3n) is 10.1. The molecule has 238 valence electrons. The Morgan fingerprint density at radius 2 is 0.941 bits per heavy atom. The maximum absolute atomic E-state index is 6.50. The van der Waals surface area contributed by atoms with Crippen molar-refractivity contribution < 1.29 is 4.42 Å². The van der Waals surface area contributed by atoms with Crippen LogP contribution in [0.25, 0.3) is 99.7 Å². The second-order valence-corrected chi connectivity index (χ2v) is 13.0. The summed E-state index contributed by atoms with van der Waals surface area (Å²) in [6.45, 7) is 0. The highest BCUT2D eigenvalue weighted by molar-refractivity contribution is 6.20. The van der Waals surface area contributed by atoms with Crippen LogP contribution in [0.15, 0.2) is 174 Å². The van der Waals surface area contributed by atoms with Gasteiger partial charge in [-0.25, -0.2) is 9.97 Å². The molecule has 0 saturated heterocycles. The molecule has 11 rings (SSSR count). The molecule has 0 bridgehead atoms. The molecule has 0 atom stereocenters. The van der Waals surface area contributed by atoms with Gasteiger partial charge in [-0.2, -0.15) is 0 Å². The van der Waals surface area contributed by atoms with E-state index in [9.17, 15) is 0 Å². The van der Waals surface area contributed by atoms with Crippen molar-refractivity contribution in [3.8, 4) is 33.9 Å². The van der Waals surface area contributed by atoms with E-state index in [1.807, 2.05) is 36.4 Å². The van der Waals surface area contributed by atoms with Gasteiger partial charge in [0.05, 0.1) is 44.4 Å². The van der Waals surface area contributed by atoms with Gasteiger partial charge < -0.3 is 8.98 Å². The molecule has 0 aliphatic rings. The summed E-state index contributed by atoms with van der Waals surface area (Å²) in [5.41, 5.74) is 12.7. The molecule has 0 spiro atoms. The SMILES string of the molecule is c1ccc(-n2c3ccccc3c3ccc(-c4nc5ccccc5nc4-c4ccc(-n5c6ccccc6c6c7ccccc7oc65)cc4)cc32)cc1. The molecule has 7 aromatic carbocycles. The van der Waals surface area contributed by atoms with Gasteiger partial charge in [-0.15, -0.1) is 0 Å². The molecule has 0 amide bonds. The lowest BCUT2D eigenvalue weighted by atomic mass is 10.0. The van der Waals surface area contributed by atoms with E-state index < -0.39 is 0 Å². The Kier molecular flexibility index (Phi) is 5.89. The average Bonchev–Trinajstić information content (AvgIpc) is 3.84. The molecule has 4 heterocycles. The van der Waals surface area contributed by atoms with Gasteiger partial charge in [0.15, 0.2) is 0 Å². The Hall–Kier alpha value is -6.98. The Morgan fingerprint density at radius 1 is 0.392 bits per heavy atom. The predicted octanol–water partition coefficient (Wildman–Crippen LogP) is 11.9. The second kappa shape index (κ2) is 10.8. The number of benzene rings is 7. The first-order chi connectivity index (χ1) is 25.3. The number of hydrogen-bond acceptors (Lipinski definition) is 3. The van der Waals surface area contributed by atoms with E-state index in [4.69, 9.17) is 14.4 Å². The number of hydrogen-bond donors (Lipinski definition) is 0. The van der Waals surface area contributed by atoms with Crippen molar-refractivity contribution in [2.75, 3.05) is 0 Å². The van der Waals surface area contributed by atoms with Crippen LogP contribution in [0.5, 0.6) is 0 Å². The smallest absolute Gasteiger partial charge is 0.213 e. The molecule has 51 heavy (non-hydrogen) atoms. The number of aromatic nitrogens is 4. The van der Waals surface area contributed by atoms with Crippen LogP contribution in [0, 0.1) is 0 Å². The lowest BCUT2D eigenvalue weighted by molar-refractivity contribution is 0.645. The largest absolute Gasteiger partial charge is 0.439 e. The first kappa shape index (κ1) is 27.9. The highest BCUT2D eigenvalue weighted by Crippen LogP contribution is 2.40. The van der Waals surface area contributed by atoms with Crippen LogP contribution in [0.2, 0.25) is 0 Å². The fourth-order valence-electron chi connectivity index (χ4n) is 7.84. The van der Waals surface area contributed by atoms with Crippen LogP contribution in [0.3, 0.4) is 0 Å². The van der Waals surface area contributed by atoms with Crippen LogP contribution < -0.4 is 0 Å². The van der Waals surface area contributed by atoms with Gasteiger partial charge in [0, 0.05) is 44.0 Å². The molecular formula is C46H28N4O. The Morgan fingerprint density at radius 3 is 1.71 bits per heavy atom. The highest BCUT2D eigenvalue weighted by atomic mass is 16.3. The topological polar surface area (TPSA) is 48.8 Å². The molecule has 4 aromatic heterocycles. The first-order valence-electron chi connectivity index (χ1n) is 17.2. The second-order valence-electron chi connectivity index (χ2n) is 13.0. The minimum atomic E-state index is 0.841. The van der Waals surface area contributed by atoms with Gasteiger partial charge in [-0.05, 0) is 60.7 Å². The molecule has 11 aromatic rings. The molecule has 5 heteroatoms. The van der Waals surface area contributed by atoms with E-state index in [-0.39, 0.29) is 0 Å². The van der Waals surface area contributed by atoms with Crippen molar-refractivity contribution in [2.45, 2.75) is 0 Å². The molecule has 0 saturated carbocycles. The Bertz CT molecular complexity index is 3130. The number of para-hydroxylation sites is 6.